The second-order valence-electron chi connectivity index (χ2n) is 20.3. The van der Waals surface area contributed by atoms with Crippen LogP contribution in [0, 0.1) is 13.8 Å². The molecule has 12 rings (SSSR count). The Bertz CT molecular complexity index is 3730. The summed E-state index contributed by atoms with van der Waals surface area (Å²) in [6.07, 6.45) is 1.77. The van der Waals surface area contributed by atoms with E-state index in [-0.39, 0.29) is 5.41 Å². The maximum absolute atomic E-state index is 5.90. The minimum absolute atomic E-state index is 0.124. The van der Waals surface area contributed by atoms with E-state index in [4.69, 9.17) is 8.21 Å². The van der Waals surface area contributed by atoms with Crippen LogP contribution in [0.25, 0.3) is 56.1 Å². The third-order valence-corrected chi connectivity index (χ3v) is 13.9. The Morgan fingerprint density at radius 1 is 0.380 bits per heavy atom. The van der Waals surface area contributed by atoms with Gasteiger partial charge in [0, 0.05) is 56.8 Å². The highest BCUT2D eigenvalue weighted by atomic mass is 27.1. The van der Waals surface area contributed by atoms with Crippen molar-refractivity contribution in [2.75, 3.05) is 9.80 Å². The maximum Gasteiger partial charge on any atom is 0.494 e. The van der Waals surface area contributed by atoms with Gasteiger partial charge in [0.05, 0.1) is 0 Å². The van der Waals surface area contributed by atoms with E-state index in [0.717, 1.165) is 67.5 Å². The fraction of sp³-hybridized carbons (Fsp3) is 0.0845. The zero-order valence-electron chi connectivity index (χ0n) is 45.2. The number of hydrogen-bond acceptors (Lipinski definition) is 7. The number of pyridine rings is 1. The smallest absolute Gasteiger partial charge is 0.494 e. The first-order valence-corrected chi connectivity index (χ1v) is 27.1. The second kappa shape index (κ2) is 24.8. The normalized spacial score (nSPS) is 10.9. The summed E-state index contributed by atoms with van der Waals surface area (Å²) in [7, 11) is 0. The maximum atomic E-state index is 5.90. The fourth-order valence-corrected chi connectivity index (χ4v) is 9.62. The summed E-state index contributed by atoms with van der Waals surface area (Å²) < 4.78 is 11.1. The first kappa shape index (κ1) is 53.1. The lowest BCUT2D eigenvalue weighted by Gasteiger charge is -2.26. The number of hydrogen-bond donors (Lipinski definition) is 0. The molecule has 0 fully saturated rings. The molecule has 0 bridgehead atoms. The van der Waals surface area contributed by atoms with Gasteiger partial charge in [-0.3, -0.25) is 4.98 Å². The van der Waals surface area contributed by atoms with E-state index in [0.29, 0.717) is 11.8 Å². The number of benzene rings is 10. The van der Waals surface area contributed by atoms with Gasteiger partial charge in [0.1, 0.15) is 11.3 Å². The number of aryl methyl sites for hydroxylation is 2. The van der Waals surface area contributed by atoms with Gasteiger partial charge in [0.25, 0.3) is 0 Å². The Morgan fingerprint density at radius 2 is 0.759 bits per heavy atom. The molecule has 0 unspecified atom stereocenters. The van der Waals surface area contributed by atoms with Crippen LogP contribution in [0.5, 0.6) is 5.75 Å². The highest BCUT2D eigenvalue weighted by Gasteiger charge is 2.17. The van der Waals surface area contributed by atoms with Crippen molar-refractivity contribution < 1.29 is 8.21 Å². The number of nitrogens with zero attached hydrogens (tertiary/aromatic N) is 5. The van der Waals surface area contributed by atoms with Crippen molar-refractivity contribution >= 4 is 61.7 Å². The molecule has 79 heavy (non-hydrogen) atoms. The van der Waals surface area contributed by atoms with Gasteiger partial charge in [0.15, 0.2) is 0 Å². The minimum atomic E-state index is 0.124. The van der Waals surface area contributed by atoms with Gasteiger partial charge in [-0.25, -0.2) is 0 Å². The summed E-state index contributed by atoms with van der Waals surface area (Å²) in [5.41, 5.74) is 18.2. The standard InChI is InChI=1S/C38H32N2.C24H22N2O.C9H7NO.Al.H/c1-29-11-9-17-37(27-29)39(33-13-5-3-6-14-33)35-23-19-31(20-24-35)32-21-25-36(26-22-32)40(34-15-7-4-8-16-34)38-18-10-12-30(2)28-38;1-24(2,3)21-15-13-20(14-16-21)23-26-25-22(27-23)19-11-9-18(10-12-19)17-7-5-4-6-8-17;11-8-5-1-3-7-4-2-6-10-9(7)8;;/h3-28H,1-2H3;4-16H,1-3H3;1-6,11H;;/q;;;+1;/p-1. The van der Waals surface area contributed by atoms with Crippen LogP contribution >= 0.6 is 0 Å². The van der Waals surface area contributed by atoms with Crippen LogP contribution in [0.3, 0.4) is 0 Å². The number of aromatic nitrogens is 3. The lowest BCUT2D eigenvalue weighted by molar-refractivity contribution is 0.582. The molecule has 2 aromatic heterocycles. The van der Waals surface area contributed by atoms with Gasteiger partial charge in [-0.05, 0) is 167 Å². The van der Waals surface area contributed by atoms with Crippen LogP contribution in [-0.2, 0) is 5.41 Å². The molecule has 0 aliphatic heterocycles. The zero-order chi connectivity index (χ0) is 54.6. The molecule has 8 heteroatoms. The quantitative estimate of drug-likeness (QED) is 0.120. The summed E-state index contributed by atoms with van der Waals surface area (Å²) in [6, 6.07) is 92.7. The molecule has 0 spiro atoms. The Labute approximate surface area is 472 Å². The lowest BCUT2D eigenvalue weighted by atomic mass is 9.87. The number of rotatable bonds is 11. The molecule has 0 atom stereocenters. The summed E-state index contributed by atoms with van der Waals surface area (Å²) in [5.74, 6) is 1.91. The molecule has 2 heterocycles. The Hall–Kier alpha value is -9.32. The summed E-state index contributed by atoms with van der Waals surface area (Å²) in [6.45, 7) is 10.9. The van der Waals surface area contributed by atoms with Gasteiger partial charge in [-0.2, -0.15) is 0 Å². The predicted octanol–water partition coefficient (Wildman–Crippen LogP) is 18.7. The Morgan fingerprint density at radius 3 is 1.22 bits per heavy atom. The zero-order valence-corrected chi connectivity index (χ0v) is 46.7. The third kappa shape index (κ3) is 13.1. The molecule has 10 aromatic carbocycles. The van der Waals surface area contributed by atoms with Crippen molar-refractivity contribution in [2.45, 2.75) is 40.0 Å². The van der Waals surface area contributed by atoms with Crippen molar-refractivity contribution in [3.63, 3.8) is 0 Å². The van der Waals surface area contributed by atoms with Gasteiger partial charge < -0.3 is 18.0 Å². The molecule has 0 N–H and O–H groups in total. The van der Waals surface area contributed by atoms with E-state index in [1.165, 1.54) is 50.0 Å². The van der Waals surface area contributed by atoms with Crippen LogP contribution < -0.4 is 13.6 Å². The molecule has 385 valence electrons. The molecule has 0 aliphatic rings. The highest BCUT2D eigenvalue weighted by molar-refractivity contribution is 6.01. The van der Waals surface area contributed by atoms with Crippen LogP contribution in [0.15, 0.2) is 278 Å². The number of para-hydroxylation sites is 3. The summed E-state index contributed by atoms with van der Waals surface area (Å²) in [5, 5.41) is 9.55. The van der Waals surface area contributed by atoms with E-state index in [9.17, 15) is 0 Å². The van der Waals surface area contributed by atoms with Gasteiger partial charge in [-0.15, -0.1) is 10.2 Å². The summed E-state index contributed by atoms with van der Waals surface area (Å²) in [4.78, 5) is 8.84. The number of anilines is 6. The van der Waals surface area contributed by atoms with E-state index < -0.39 is 0 Å². The van der Waals surface area contributed by atoms with Crippen LogP contribution in [0.2, 0.25) is 0 Å². The third-order valence-electron chi connectivity index (χ3n) is 13.5. The molecule has 12 aromatic rings. The molecule has 1 radical (unpaired) electrons. The number of fused-ring (bicyclic) bond motifs is 1. The average Bonchev–Trinajstić information content (AvgIpc) is 4.02. The topological polar surface area (TPSA) is 67.5 Å². The van der Waals surface area contributed by atoms with Crippen molar-refractivity contribution in [3.8, 4) is 50.9 Å². The minimum Gasteiger partial charge on any atom is -0.649 e. The average molecular weight is 1040 g/mol. The Balaban J connectivity index is 0.000000154. The first-order valence-electron chi connectivity index (χ1n) is 26.5. The molecule has 0 saturated carbocycles. The van der Waals surface area contributed by atoms with Crippen molar-refractivity contribution in [1.29, 1.82) is 0 Å². The van der Waals surface area contributed by atoms with Gasteiger partial charge in [-0.1, -0.05) is 178 Å². The van der Waals surface area contributed by atoms with Crippen molar-refractivity contribution in [3.05, 3.63) is 290 Å². The molecular formula is C71H61AlN5O2. The van der Waals surface area contributed by atoms with E-state index in [2.05, 4.69) is 254 Å². The lowest BCUT2D eigenvalue weighted by Crippen LogP contribution is -2.10. The largest absolute Gasteiger partial charge is 0.649 e. The molecule has 0 amide bonds. The molecule has 0 aliphatic carbocycles. The van der Waals surface area contributed by atoms with Crippen molar-refractivity contribution in [2.24, 2.45) is 0 Å². The Kier molecular flexibility index (Phi) is 16.7. The van der Waals surface area contributed by atoms with Gasteiger partial charge in [0.2, 0.25) is 11.8 Å². The predicted molar refractivity (Wildman–Crippen MR) is 330 cm³/mol. The van der Waals surface area contributed by atoms with Crippen LogP contribution in [0.1, 0.15) is 37.5 Å². The summed E-state index contributed by atoms with van der Waals surface area (Å²) >= 11 is 1.47. The monoisotopic (exact) mass is 1040 g/mol. The van der Waals surface area contributed by atoms with Gasteiger partial charge >= 0.3 is 16.6 Å². The highest BCUT2D eigenvalue weighted by Crippen LogP contribution is 2.39. The molecular weight excluding hydrogens is 982 g/mol. The van der Waals surface area contributed by atoms with Crippen LogP contribution in [-0.4, -0.2) is 31.8 Å². The van der Waals surface area contributed by atoms with Crippen molar-refractivity contribution in [1.82, 2.24) is 15.2 Å². The van der Waals surface area contributed by atoms with E-state index in [1.807, 2.05) is 72.8 Å². The first-order chi connectivity index (χ1) is 38.6. The fourth-order valence-electron chi connectivity index (χ4n) is 9.39. The molecule has 7 nitrogen and oxygen atoms in total. The second-order valence-corrected chi connectivity index (χ2v) is 20.6. The van der Waals surface area contributed by atoms with E-state index >= 15 is 0 Å². The van der Waals surface area contributed by atoms with E-state index in [1.54, 1.807) is 6.20 Å². The van der Waals surface area contributed by atoms with Crippen LogP contribution in [0.4, 0.5) is 34.1 Å². The molecule has 0 saturated heterocycles. The SMILES string of the molecule is CC(C)(C)c1ccc(-c2nnc(-c3ccc(-c4ccccc4)cc3)o2)cc1.Cc1cccc(N(c2ccccc2)c2ccc(-c3ccc(N(c4ccccc4)c4cccc(C)c4)cc3)cc2)c1.[AlH][O]c1cccc2cccnc12.